The van der Waals surface area contributed by atoms with E-state index in [1.54, 1.807) is 6.92 Å². The maximum Gasteiger partial charge on any atom is 0.335 e. The molecule has 0 aromatic heterocycles. The van der Waals surface area contributed by atoms with Gasteiger partial charge in [-0.25, -0.2) is 4.79 Å². The first-order valence-corrected chi connectivity index (χ1v) is 5.00. The largest absolute Gasteiger partial charge is 0.463 e. The molecule has 3 nitrogen and oxygen atoms in total. The molecule has 1 saturated carbocycles. The van der Waals surface area contributed by atoms with Crippen molar-refractivity contribution >= 4 is 5.97 Å². The first kappa shape index (κ1) is 9.26. The topological polar surface area (TPSA) is 50.1 Å². The number of hydrogen-bond acceptors (Lipinski definition) is 3. The molecule has 0 heterocycles. The van der Waals surface area contributed by atoms with Gasteiger partial charge in [-0.15, -0.1) is 0 Å². The molecule has 2 aliphatic carbocycles. The molecule has 0 unspecified atom stereocenters. The number of ether oxygens (including phenoxy) is 1. The van der Waals surface area contributed by atoms with E-state index in [1.165, 1.54) is 0 Å². The monoisotopic (exact) mass is 191 g/mol. The number of hydrogen-bond donors (Lipinski definition) is 0. The van der Waals surface area contributed by atoms with Gasteiger partial charge in [0.15, 0.2) is 0 Å². The van der Waals surface area contributed by atoms with Crippen LogP contribution in [0.25, 0.3) is 0 Å². The lowest BCUT2D eigenvalue weighted by Crippen LogP contribution is -2.08. The lowest BCUT2D eigenvalue weighted by molar-refractivity contribution is -0.138. The highest BCUT2D eigenvalue weighted by Gasteiger charge is 2.49. The summed E-state index contributed by atoms with van der Waals surface area (Å²) in [4.78, 5) is 11.5. The maximum absolute atomic E-state index is 11.5. The molecule has 14 heavy (non-hydrogen) atoms. The minimum absolute atomic E-state index is 0.271. The van der Waals surface area contributed by atoms with Gasteiger partial charge in [-0.05, 0) is 38.0 Å². The van der Waals surface area contributed by atoms with Crippen molar-refractivity contribution in [3.8, 4) is 6.07 Å². The van der Waals surface area contributed by atoms with Crippen LogP contribution in [0.15, 0.2) is 11.1 Å². The molecule has 0 bridgehead atoms. The van der Waals surface area contributed by atoms with Crippen LogP contribution >= 0.6 is 0 Å². The standard InChI is InChI=1S/C11H13NO2/c1-2-14-10(13)9-6-11(3-4-11)5-8(9)7-12/h2-6H2,1H3. The Kier molecular flexibility index (Phi) is 2.07. The SMILES string of the molecule is CCOC(=O)C1=C(C#N)CC2(CC2)C1. The summed E-state index contributed by atoms with van der Waals surface area (Å²) in [7, 11) is 0. The Bertz CT molecular complexity index is 345. The van der Waals surface area contributed by atoms with E-state index in [0.717, 1.165) is 25.7 Å². The average molecular weight is 191 g/mol. The molecule has 74 valence electrons. The van der Waals surface area contributed by atoms with Crippen LogP contribution in [0.2, 0.25) is 0 Å². The van der Waals surface area contributed by atoms with Crippen molar-refractivity contribution < 1.29 is 9.53 Å². The zero-order chi connectivity index (χ0) is 10.2. The van der Waals surface area contributed by atoms with Crippen LogP contribution in [-0.2, 0) is 9.53 Å². The molecule has 2 aliphatic rings. The van der Waals surface area contributed by atoms with Gasteiger partial charge in [0.1, 0.15) is 0 Å². The molecule has 0 amide bonds. The highest BCUT2D eigenvalue weighted by molar-refractivity contribution is 5.91. The number of nitriles is 1. The first-order valence-electron chi connectivity index (χ1n) is 5.00. The van der Waals surface area contributed by atoms with Crippen molar-refractivity contribution in [3.63, 3.8) is 0 Å². The number of rotatable bonds is 2. The summed E-state index contributed by atoms with van der Waals surface area (Å²) in [6.45, 7) is 2.17. The summed E-state index contributed by atoms with van der Waals surface area (Å²) in [6.07, 6.45) is 3.86. The fourth-order valence-electron chi connectivity index (χ4n) is 2.08. The van der Waals surface area contributed by atoms with E-state index in [-0.39, 0.29) is 11.4 Å². The van der Waals surface area contributed by atoms with Crippen LogP contribution in [0.5, 0.6) is 0 Å². The molecule has 0 N–H and O–H groups in total. The summed E-state index contributed by atoms with van der Waals surface area (Å²) < 4.78 is 4.93. The van der Waals surface area contributed by atoms with Gasteiger partial charge in [-0.1, -0.05) is 0 Å². The molecular formula is C11H13NO2. The molecule has 1 fully saturated rings. The smallest absolute Gasteiger partial charge is 0.335 e. The van der Waals surface area contributed by atoms with Crippen molar-refractivity contribution in [2.75, 3.05) is 6.61 Å². The third kappa shape index (κ3) is 1.41. The van der Waals surface area contributed by atoms with Gasteiger partial charge in [0, 0.05) is 5.57 Å². The van der Waals surface area contributed by atoms with Gasteiger partial charge in [0.2, 0.25) is 0 Å². The Labute approximate surface area is 83.4 Å². The molecule has 0 aromatic rings. The predicted octanol–water partition coefficient (Wildman–Crippen LogP) is 1.94. The van der Waals surface area contributed by atoms with Gasteiger partial charge < -0.3 is 4.74 Å². The number of carbonyl (C=O) groups excluding carboxylic acids is 1. The quantitative estimate of drug-likeness (QED) is 0.627. The van der Waals surface area contributed by atoms with Crippen LogP contribution in [0.3, 0.4) is 0 Å². The molecule has 0 atom stereocenters. The van der Waals surface area contributed by atoms with E-state index in [9.17, 15) is 4.79 Å². The first-order chi connectivity index (χ1) is 6.71. The van der Waals surface area contributed by atoms with Gasteiger partial charge in [0.25, 0.3) is 0 Å². The van der Waals surface area contributed by atoms with E-state index in [4.69, 9.17) is 10.00 Å². The highest BCUT2D eigenvalue weighted by Crippen LogP contribution is 2.59. The summed E-state index contributed by atoms with van der Waals surface area (Å²) in [5.74, 6) is -0.284. The lowest BCUT2D eigenvalue weighted by Gasteiger charge is -2.04. The lowest BCUT2D eigenvalue weighted by atomic mass is 10.0. The zero-order valence-electron chi connectivity index (χ0n) is 8.30. The third-order valence-corrected chi connectivity index (χ3v) is 3.08. The molecule has 0 aromatic carbocycles. The zero-order valence-corrected chi connectivity index (χ0v) is 8.30. The molecule has 0 radical (unpaired) electrons. The average Bonchev–Trinajstić information content (AvgIpc) is 2.78. The van der Waals surface area contributed by atoms with Gasteiger partial charge in [-0.3, -0.25) is 0 Å². The van der Waals surface area contributed by atoms with Crippen LogP contribution in [0.1, 0.15) is 32.6 Å². The van der Waals surface area contributed by atoms with Crippen LogP contribution in [0.4, 0.5) is 0 Å². The Morgan fingerprint density at radius 3 is 2.79 bits per heavy atom. The summed E-state index contributed by atoms with van der Waals surface area (Å²) >= 11 is 0. The second-order valence-electron chi connectivity index (χ2n) is 4.14. The number of carbonyl (C=O) groups is 1. The van der Waals surface area contributed by atoms with Crippen LogP contribution < -0.4 is 0 Å². The van der Waals surface area contributed by atoms with Gasteiger partial charge in [-0.2, -0.15) is 5.26 Å². The van der Waals surface area contributed by atoms with E-state index < -0.39 is 0 Å². The second-order valence-corrected chi connectivity index (χ2v) is 4.14. The van der Waals surface area contributed by atoms with Crippen molar-refractivity contribution in [1.29, 1.82) is 5.26 Å². The molecular weight excluding hydrogens is 178 g/mol. The van der Waals surface area contributed by atoms with E-state index >= 15 is 0 Å². The van der Waals surface area contributed by atoms with Gasteiger partial charge >= 0.3 is 5.97 Å². The molecule has 0 saturated heterocycles. The fraction of sp³-hybridized carbons (Fsp3) is 0.636. The molecule has 2 rings (SSSR count). The van der Waals surface area contributed by atoms with Gasteiger partial charge in [0.05, 0.1) is 18.2 Å². The number of allylic oxidation sites excluding steroid dienone is 1. The summed E-state index contributed by atoms with van der Waals surface area (Å²) in [5, 5.41) is 8.90. The van der Waals surface area contributed by atoms with Crippen molar-refractivity contribution in [1.82, 2.24) is 0 Å². The molecule has 1 spiro atoms. The normalized spacial score (nSPS) is 22.3. The van der Waals surface area contributed by atoms with Crippen molar-refractivity contribution in [3.05, 3.63) is 11.1 Å². The Balaban J connectivity index is 2.15. The number of nitrogens with zero attached hydrogens (tertiary/aromatic N) is 1. The van der Waals surface area contributed by atoms with Crippen molar-refractivity contribution in [2.24, 2.45) is 5.41 Å². The minimum atomic E-state index is -0.284. The Hall–Kier alpha value is -1.30. The minimum Gasteiger partial charge on any atom is -0.463 e. The second kappa shape index (κ2) is 3.13. The highest BCUT2D eigenvalue weighted by atomic mass is 16.5. The maximum atomic E-state index is 11.5. The molecule has 3 heteroatoms. The fourth-order valence-corrected chi connectivity index (χ4v) is 2.08. The summed E-state index contributed by atoms with van der Waals surface area (Å²) in [6, 6.07) is 2.13. The van der Waals surface area contributed by atoms with E-state index in [2.05, 4.69) is 6.07 Å². The van der Waals surface area contributed by atoms with E-state index in [0.29, 0.717) is 17.8 Å². The van der Waals surface area contributed by atoms with Crippen LogP contribution in [-0.4, -0.2) is 12.6 Å². The van der Waals surface area contributed by atoms with E-state index in [1.807, 2.05) is 0 Å². The van der Waals surface area contributed by atoms with Crippen LogP contribution in [0, 0.1) is 16.7 Å². The Morgan fingerprint density at radius 2 is 2.29 bits per heavy atom. The van der Waals surface area contributed by atoms with Crippen molar-refractivity contribution in [2.45, 2.75) is 32.6 Å². The Morgan fingerprint density at radius 1 is 1.57 bits per heavy atom. The molecule has 0 aliphatic heterocycles. The summed E-state index contributed by atoms with van der Waals surface area (Å²) in [5.41, 5.74) is 1.56. The predicted molar refractivity (Wildman–Crippen MR) is 50.2 cm³/mol. The third-order valence-electron chi connectivity index (χ3n) is 3.08. The number of esters is 1.